The van der Waals surface area contributed by atoms with E-state index >= 15 is 0 Å². The van der Waals surface area contributed by atoms with Gasteiger partial charge in [-0.25, -0.2) is 4.98 Å². The molecule has 3 aromatic rings. The zero-order valence-corrected chi connectivity index (χ0v) is 18.9. The van der Waals surface area contributed by atoms with Gasteiger partial charge in [-0.1, -0.05) is 0 Å². The third-order valence-corrected chi connectivity index (χ3v) is 6.13. The second-order valence-corrected chi connectivity index (χ2v) is 8.67. The number of aliphatic hydroxyl groups is 1. The minimum atomic E-state index is -4.60. The van der Waals surface area contributed by atoms with Crippen molar-refractivity contribution in [2.24, 2.45) is 14.1 Å². The molecule has 4 rings (SSSR count). The predicted molar refractivity (Wildman–Crippen MR) is 119 cm³/mol. The van der Waals surface area contributed by atoms with E-state index in [4.69, 9.17) is 4.74 Å². The first-order valence-corrected chi connectivity index (χ1v) is 11.0. The summed E-state index contributed by atoms with van der Waals surface area (Å²) >= 11 is 0. The Bertz CT molecular complexity index is 1080. The molecule has 2 heterocycles. The van der Waals surface area contributed by atoms with Gasteiger partial charge in [-0.3, -0.25) is 4.68 Å². The van der Waals surface area contributed by atoms with Gasteiger partial charge in [0.1, 0.15) is 11.3 Å². The van der Waals surface area contributed by atoms with Gasteiger partial charge in [-0.2, -0.15) is 18.3 Å². The highest BCUT2D eigenvalue weighted by atomic mass is 19.4. The van der Waals surface area contributed by atoms with E-state index in [1.165, 1.54) is 0 Å². The molecule has 1 atom stereocenters. The molecule has 0 aliphatic heterocycles. The monoisotopic (exact) mass is 466 g/mol. The molecule has 0 radical (unpaired) electrons. The molecule has 0 amide bonds. The van der Waals surface area contributed by atoms with E-state index in [-0.39, 0.29) is 12.1 Å². The topological polar surface area (TPSA) is 89.2 Å². The van der Waals surface area contributed by atoms with Gasteiger partial charge in [0, 0.05) is 50.6 Å². The maximum Gasteiger partial charge on any atom is 0.415 e. The van der Waals surface area contributed by atoms with E-state index in [2.05, 4.69) is 20.7 Å². The lowest BCUT2D eigenvalue weighted by molar-refractivity contribution is -0.202. The molecule has 11 heteroatoms. The third-order valence-electron chi connectivity index (χ3n) is 6.13. The van der Waals surface area contributed by atoms with Crippen molar-refractivity contribution in [3.63, 3.8) is 0 Å². The first-order valence-electron chi connectivity index (χ1n) is 11.0. The van der Waals surface area contributed by atoms with Crippen LogP contribution in [0, 0.1) is 6.92 Å². The fourth-order valence-electron chi connectivity index (χ4n) is 4.10. The van der Waals surface area contributed by atoms with Crippen LogP contribution in [0.25, 0.3) is 11.0 Å². The molecule has 0 spiro atoms. The number of nitrogens with zero attached hydrogens (tertiary/aromatic N) is 4. The van der Waals surface area contributed by atoms with E-state index in [0.29, 0.717) is 37.3 Å². The van der Waals surface area contributed by atoms with Gasteiger partial charge in [0.05, 0.1) is 23.6 Å². The number of hydrogen-bond acceptors (Lipinski definition) is 6. The average Bonchev–Trinajstić information content (AvgIpc) is 3.28. The van der Waals surface area contributed by atoms with Crippen LogP contribution in [0.3, 0.4) is 0 Å². The Morgan fingerprint density at radius 1 is 1.18 bits per heavy atom. The lowest BCUT2D eigenvalue weighted by Gasteiger charge is -2.30. The zero-order chi connectivity index (χ0) is 23.8. The smallest absolute Gasteiger partial charge is 0.415 e. The summed E-state index contributed by atoms with van der Waals surface area (Å²) in [5, 5.41) is 19.8. The number of nitrogens with one attached hydrogen (secondary N) is 2. The zero-order valence-electron chi connectivity index (χ0n) is 18.9. The van der Waals surface area contributed by atoms with Crippen LogP contribution in [-0.4, -0.2) is 55.4 Å². The van der Waals surface area contributed by atoms with Crippen LogP contribution in [0.2, 0.25) is 0 Å². The van der Waals surface area contributed by atoms with Gasteiger partial charge in [-0.15, -0.1) is 0 Å². The van der Waals surface area contributed by atoms with E-state index < -0.39 is 18.8 Å². The molecule has 1 aliphatic carbocycles. The number of ether oxygens (including phenoxy) is 1. The lowest BCUT2D eigenvalue weighted by atomic mass is 9.93. The quantitative estimate of drug-likeness (QED) is 0.494. The van der Waals surface area contributed by atoms with Crippen LogP contribution >= 0.6 is 0 Å². The van der Waals surface area contributed by atoms with Crippen molar-refractivity contribution in [3.05, 3.63) is 30.2 Å². The molecule has 0 saturated heterocycles. The summed E-state index contributed by atoms with van der Waals surface area (Å²) < 4.78 is 47.4. The van der Waals surface area contributed by atoms with Crippen molar-refractivity contribution in [2.45, 2.75) is 57.0 Å². The molecule has 1 saturated carbocycles. The lowest BCUT2D eigenvalue weighted by Crippen LogP contribution is -2.44. The van der Waals surface area contributed by atoms with Crippen LogP contribution in [0.1, 0.15) is 31.4 Å². The first kappa shape index (κ1) is 23.4. The average molecular weight is 467 g/mol. The van der Waals surface area contributed by atoms with E-state index in [0.717, 1.165) is 22.4 Å². The highest BCUT2D eigenvalue weighted by molar-refractivity contribution is 5.91. The summed E-state index contributed by atoms with van der Waals surface area (Å²) in [4.78, 5) is 4.49. The molecule has 0 unspecified atom stereocenters. The van der Waals surface area contributed by atoms with Crippen molar-refractivity contribution < 1.29 is 23.0 Å². The number of aliphatic hydroxyl groups excluding tert-OH is 1. The summed E-state index contributed by atoms with van der Waals surface area (Å²) in [6.45, 7) is 1.49. The number of imidazole rings is 1. The van der Waals surface area contributed by atoms with Gasteiger partial charge in [0.15, 0.2) is 11.9 Å². The van der Waals surface area contributed by atoms with Crippen molar-refractivity contribution in [1.29, 1.82) is 0 Å². The Labute approximate surface area is 189 Å². The highest BCUT2D eigenvalue weighted by Gasteiger charge is 2.38. The molecule has 1 aliphatic rings. The SMILES string of the molecule is Cc1cc(Nc2cc(OC3CCC(NC[C@@H](O)C(F)(F)F)CC3)cc3c2ncn3C)nn1C. The normalized spacial score (nSPS) is 20.2. The predicted octanol–water partition coefficient (Wildman–Crippen LogP) is 3.56. The second-order valence-electron chi connectivity index (χ2n) is 8.67. The summed E-state index contributed by atoms with van der Waals surface area (Å²) in [6, 6.07) is 5.74. The summed E-state index contributed by atoms with van der Waals surface area (Å²) in [7, 11) is 3.80. The van der Waals surface area contributed by atoms with Crippen molar-refractivity contribution in [2.75, 3.05) is 11.9 Å². The van der Waals surface area contributed by atoms with Gasteiger partial charge < -0.3 is 25.0 Å². The van der Waals surface area contributed by atoms with Crippen molar-refractivity contribution >= 4 is 22.5 Å². The Morgan fingerprint density at radius 3 is 2.55 bits per heavy atom. The van der Waals surface area contributed by atoms with Crippen molar-refractivity contribution in [1.82, 2.24) is 24.6 Å². The number of anilines is 2. The molecule has 1 fully saturated rings. The Kier molecular flexibility index (Phi) is 6.53. The van der Waals surface area contributed by atoms with Crippen LogP contribution in [-0.2, 0) is 14.1 Å². The first-order chi connectivity index (χ1) is 15.6. The molecule has 2 aromatic heterocycles. The fraction of sp³-hybridized carbons (Fsp3) is 0.545. The Hall–Kier alpha value is -2.79. The molecular formula is C22H29F3N6O2. The standard InChI is InChI=1S/C22H29F3N6O2/c1-13-8-20(29-31(13)3)28-17-9-16(10-18-21(17)27-12-30(18)2)33-15-6-4-14(5-7-15)26-11-19(32)22(23,24)25/h8-10,12,14-15,19,26,32H,4-7,11H2,1-3H3,(H,28,29)/t14?,15?,19-/m1/s1. The Balaban J connectivity index is 1.41. The Morgan fingerprint density at radius 2 is 1.91 bits per heavy atom. The van der Waals surface area contributed by atoms with Crippen LogP contribution in [0.5, 0.6) is 5.75 Å². The van der Waals surface area contributed by atoms with E-state index in [1.807, 2.05) is 43.8 Å². The number of fused-ring (bicyclic) bond motifs is 1. The third kappa shape index (κ3) is 5.41. The number of aryl methyl sites for hydroxylation is 3. The number of aromatic nitrogens is 4. The van der Waals surface area contributed by atoms with Crippen LogP contribution < -0.4 is 15.4 Å². The molecule has 33 heavy (non-hydrogen) atoms. The molecule has 1 aromatic carbocycles. The van der Waals surface area contributed by atoms with E-state index in [1.54, 1.807) is 11.0 Å². The molecular weight excluding hydrogens is 437 g/mol. The summed E-state index contributed by atoms with van der Waals surface area (Å²) in [5.41, 5.74) is 3.54. The molecule has 8 nitrogen and oxygen atoms in total. The van der Waals surface area contributed by atoms with E-state index in [9.17, 15) is 18.3 Å². The summed E-state index contributed by atoms with van der Waals surface area (Å²) in [5.74, 6) is 1.41. The van der Waals surface area contributed by atoms with Gasteiger partial charge in [0.25, 0.3) is 0 Å². The number of alkyl halides is 3. The second kappa shape index (κ2) is 9.22. The number of halogens is 3. The largest absolute Gasteiger partial charge is 0.490 e. The molecule has 180 valence electrons. The maximum absolute atomic E-state index is 12.5. The molecule has 3 N–H and O–H groups in total. The van der Waals surface area contributed by atoms with Crippen molar-refractivity contribution in [3.8, 4) is 5.75 Å². The highest BCUT2D eigenvalue weighted by Crippen LogP contribution is 2.33. The molecule has 0 bridgehead atoms. The number of hydrogen-bond donors (Lipinski definition) is 3. The number of rotatable bonds is 7. The number of benzene rings is 1. The fourth-order valence-corrected chi connectivity index (χ4v) is 4.10. The van der Waals surface area contributed by atoms with Gasteiger partial charge in [-0.05, 0) is 32.6 Å². The van der Waals surface area contributed by atoms with Crippen LogP contribution in [0.4, 0.5) is 24.7 Å². The minimum Gasteiger partial charge on any atom is -0.490 e. The van der Waals surface area contributed by atoms with Gasteiger partial charge in [0.2, 0.25) is 0 Å². The minimum absolute atomic E-state index is 0.0359. The van der Waals surface area contributed by atoms with Gasteiger partial charge >= 0.3 is 6.18 Å². The maximum atomic E-state index is 12.5. The summed E-state index contributed by atoms with van der Waals surface area (Å²) in [6.07, 6.45) is -2.44. The van der Waals surface area contributed by atoms with Crippen LogP contribution in [0.15, 0.2) is 24.5 Å².